The zero-order chi connectivity index (χ0) is 14.1. The molecule has 0 aliphatic rings. The quantitative estimate of drug-likeness (QED) is 0.467. The van der Waals surface area contributed by atoms with Crippen LogP contribution in [0.4, 0.5) is 0 Å². The van der Waals surface area contributed by atoms with Crippen LogP contribution in [0, 0.1) is 0 Å². The van der Waals surface area contributed by atoms with Gasteiger partial charge in [0.25, 0.3) is 0 Å². The largest absolute Gasteiger partial charge is 0.323 e. The van der Waals surface area contributed by atoms with Gasteiger partial charge in [0.2, 0.25) is 0 Å². The molecule has 1 heteroatoms. The number of hydrogen-bond donors (Lipinski definition) is 0. The molecule has 100 valence electrons. The van der Waals surface area contributed by atoms with Crippen molar-refractivity contribution in [2.24, 2.45) is 0 Å². The summed E-state index contributed by atoms with van der Waals surface area (Å²) in [5.41, 5.74) is 6.23. The number of fused-ring (bicyclic) bond motifs is 1. The van der Waals surface area contributed by atoms with E-state index in [1.54, 1.807) is 0 Å². The van der Waals surface area contributed by atoms with Crippen LogP contribution in [0.15, 0.2) is 91.3 Å². The lowest BCUT2D eigenvalue weighted by atomic mass is 10.0. The molecule has 0 aliphatic heterocycles. The van der Waals surface area contributed by atoms with E-state index in [1.165, 1.54) is 27.8 Å². The summed E-state index contributed by atoms with van der Waals surface area (Å²) in [5.74, 6) is 0. The van der Waals surface area contributed by atoms with Crippen molar-refractivity contribution in [2.75, 3.05) is 0 Å². The van der Waals surface area contributed by atoms with Gasteiger partial charge in [-0.05, 0) is 34.9 Å². The molecule has 0 fully saturated rings. The molecule has 2 aromatic carbocycles. The SMILES string of the molecule is c1ccc(-c2cc(-c3ccccc3)c3cccn3c2)cc1. The third-order valence-electron chi connectivity index (χ3n) is 3.82. The molecule has 0 unspecified atom stereocenters. The highest BCUT2D eigenvalue weighted by molar-refractivity contribution is 5.84. The topological polar surface area (TPSA) is 4.41 Å². The first-order chi connectivity index (χ1) is 10.4. The van der Waals surface area contributed by atoms with Gasteiger partial charge < -0.3 is 4.40 Å². The molecule has 0 radical (unpaired) electrons. The lowest BCUT2D eigenvalue weighted by Crippen LogP contribution is -1.89. The summed E-state index contributed by atoms with van der Waals surface area (Å²) in [6.45, 7) is 0. The maximum atomic E-state index is 2.28. The summed E-state index contributed by atoms with van der Waals surface area (Å²) in [6, 6.07) is 27.6. The molecule has 2 heterocycles. The molecule has 0 saturated carbocycles. The Hall–Kier alpha value is -2.80. The number of rotatable bonds is 2. The lowest BCUT2D eigenvalue weighted by molar-refractivity contribution is 1.20. The molecule has 0 amide bonds. The van der Waals surface area contributed by atoms with E-state index in [0.29, 0.717) is 0 Å². The van der Waals surface area contributed by atoms with Crippen LogP contribution in [0.2, 0.25) is 0 Å². The Labute approximate surface area is 124 Å². The van der Waals surface area contributed by atoms with Gasteiger partial charge in [-0.1, -0.05) is 60.7 Å². The Bertz CT molecular complexity index is 874. The first-order valence-electron chi connectivity index (χ1n) is 7.13. The second-order valence-electron chi connectivity index (χ2n) is 5.18. The van der Waals surface area contributed by atoms with Gasteiger partial charge in [0.1, 0.15) is 0 Å². The van der Waals surface area contributed by atoms with Gasteiger partial charge in [-0.2, -0.15) is 0 Å². The Morgan fingerprint density at radius 3 is 1.95 bits per heavy atom. The maximum Gasteiger partial charge on any atom is 0.0528 e. The Kier molecular flexibility index (Phi) is 2.82. The standard InChI is InChI=1S/C20H15N/c1-3-8-16(9-4-1)18-14-19(17-10-5-2-6-11-17)20-12-7-13-21(20)15-18/h1-15H. The van der Waals surface area contributed by atoms with Gasteiger partial charge in [0, 0.05) is 18.0 Å². The van der Waals surface area contributed by atoms with Crippen molar-refractivity contribution in [3.63, 3.8) is 0 Å². The third-order valence-corrected chi connectivity index (χ3v) is 3.82. The second kappa shape index (κ2) is 4.95. The molecule has 0 bridgehead atoms. The van der Waals surface area contributed by atoms with Crippen molar-refractivity contribution in [1.29, 1.82) is 0 Å². The minimum absolute atomic E-state index is 1.23. The van der Waals surface area contributed by atoms with Crippen LogP contribution in [-0.2, 0) is 0 Å². The number of pyridine rings is 1. The van der Waals surface area contributed by atoms with Crippen LogP contribution < -0.4 is 0 Å². The molecule has 21 heavy (non-hydrogen) atoms. The minimum atomic E-state index is 1.23. The van der Waals surface area contributed by atoms with Crippen LogP contribution in [-0.4, -0.2) is 4.40 Å². The summed E-state index contributed by atoms with van der Waals surface area (Å²) in [7, 11) is 0. The summed E-state index contributed by atoms with van der Waals surface area (Å²) >= 11 is 0. The lowest BCUT2D eigenvalue weighted by Gasteiger charge is -2.10. The smallest absolute Gasteiger partial charge is 0.0528 e. The van der Waals surface area contributed by atoms with Crippen LogP contribution in [0.5, 0.6) is 0 Å². The van der Waals surface area contributed by atoms with Crippen molar-refractivity contribution in [1.82, 2.24) is 4.40 Å². The van der Waals surface area contributed by atoms with E-state index in [9.17, 15) is 0 Å². The molecular formula is C20H15N. The highest BCUT2D eigenvalue weighted by atomic mass is 14.9. The maximum absolute atomic E-state index is 2.28. The number of benzene rings is 2. The van der Waals surface area contributed by atoms with Crippen LogP contribution >= 0.6 is 0 Å². The van der Waals surface area contributed by atoms with Crippen molar-refractivity contribution >= 4 is 5.52 Å². The molecule has 0 aliphatic carbocycles. The average Bonchev–Trinajstić information content (AvgIpc) is 3.04. The first kappa shape index (κ1) is 12.0. The summed E-state index contributed by atoms with van der Waals surface area (Å²) in [6.07, 6.45) is 4.30. The van der Waals surface area contributed by atoms with Crippen molar-refractivity contribution < 1.29 is 0 Å². The number of aromatic nitrogens is 1. The Balaban J connectivity index is 2.00. The van der Waals surface area contributed by atoms with Gasteiger partial charge in [-0.15, -0.1) is 0 Å². The van der Waals surface area contributed by atoms with Crippen LogP contribution in [0.1, 0.15) is 0 Å². The predicted octanol–water partition coefficient (Wildman–Crippen LogP) is 5.27. The number of hydrogen-bond acceptors (Lipinski definition) is 0. The normalized spacial score (nSPS) is 10.9. The Morgan fingerprint density at radius 1 is 0.571 bits per heavy atom. The van der Waals surface area contributed by atoms with E-state index < -0.39 is 0 Å². The molecule has 0 atom stereocenters. The fourth-order valence-electron chi connectivity index (χ4n) is 2.79. The van der Waals surface area contributed by atoms with E-state index in [0.717, 1.165) is 0 Å². The number of nitrogens with zero attached hydrogens (tertiary/aromatic N) is 1. The van der Waals surface area contributed by atoms with Crippen LogP contribution in [0.25, 0.3) is 27.8 Å². The molecular weight excluding hydrogens is 254 g/mol. The monoisotopic (exact) mass is 269 g/mol. The van der Waals surface area contributed by atoms with Crippen molar-refractivity contribution in [3.8, 4) is 22.3 Å². The van der Waals surface area contributed by atoms with Gasteiger partial charge in [0.05, 0.1) is 5.52 Å². The van der Waals surface area contributed by atoms with Gasteiger partial charge in [-0.25, -0.2) is 0 Å². The molecule has 2 aromatic heterocycles. The van der Waals surface area contributed by atoms with Crippen LogP contribution in [0.3, 0.4) is 0 Å². The van der Waals surface area contributed by atoms with E-state index in [1.807, 2.05) is 0 Å². The average molecular weight is 269 g/mol. The van der Waals surface area contributed by atoms with Gasteiger partial charge >= 0.3 is 0 Å². The molecule has 4 aromatic rings. The molecule has 0 spiro atoms. The molecule has 4 rings (SSSR count). The fourth-order valence-corrected chi connectivity index (χ4v) is 2.79. The first-order valence-corrected chi connectivity index (χ1v) is 7.13. The van der Waals surface area contributed by atoms with E-state index in [-0.39, 0.29) is 0 Å². The Morgan fingerprint density at radius 2 is 1.24 bits per heavy atom. The highest BCUT2D eigenvalue weighted by Crippen LogP contribution is 2.30. The predicted molar refractivity (Wildman–Crippen MR) is 88.3 cm³/mol. The highest BCUT2D eigenvalue weighted by Gasteiger charge is 2.07. The zero-order valence-corrected chi connectivity index (χ0v) is 11.6. The molecule has 1 nitrogen and oxygen atoms in total. The van der Waals surface area contributed by atoms with Crippen molar-refractivity contribution in [2.45, 2.75) is 0 Å². The molecule has 0 saturated heterocycles. The second-order valence-corrected chi connectivity index (χ2v) is 5.18. The third kappa shape index (κ3) is 2.13. The fraction of sp³-hybridized carbons (Fsp3) is 0. The molecule has 0 N–H and O–H groups in total. The van der Waals surface area contributed by atoms with Crippen molar-refractivity contribution in [3.05, 3.63) is 91.3 Å². The van der Waals surface area contributed by atoms with Gasteiger partial charge in [0.15, 0.2) is 0 Å². The zero-order valence-electron chi connectivity index (χ0n) is 11.6. The summed E-state index contributed by atoms with van der Waals surface area (Å²) in [5, 5.41) is 0. The van der Waals surface area contributed by atoms with Gasteiger partial charge in [-0.3, -0.25) is 0 Å². The van der Waals surface area contributed by atoms with E-state index >= 15 is 0 Å². The minimum Gasteiger partial charge on any atom is -0.323 e. The summed E-state index contributed by atoms with van der Waals surface area (Å²) < 4.78 is 2.20. The van der Waals surface area contributed by atoms with E-state index in [4.69, 9.17) is 0 Å². The van der Waals surface area contributed by atoms with E-state index in [2.05, 4.69) is 95.7 Å². The summed E-state index contributed by atoms with van der Waals surface area (Å²) in [4.78, 5) is 0.